The molecular weight excluding hydrogens is 415 g/mol. The summed E-state index contributed by atoms with van der Waals surface area (Å²) in [5.74, 6) is 0.793. The summed E-state index contributed by atoms with van der Waals surface area (Å²) in [6.07, 6.45) is 2.96. The summed E-state index contributed by atoms with van der Waals surface area (Å²) in [6.45, 7) is 4.68. The molecule has 32 heavy (non-hydrogen) atoms. The van der Waals surface area contributed by atoms with Crippen molar-refractivity contribution < 1.29 is 19.0 Å². The Morgan fingerprint density at radius 1 is 1.38 bits per heavy atom. The van der Waals surface area contributed by atoms with Gasteiger partial charge >= 0.3 is 6.03 Å². The number of aliphatic hydroxyl groups is 1. The number of fused-ring (bicyclic) bond motifs is 3. The summed E-state index contributed by atoms with van der Waals surface area (Å²) in [5, 5.41) is 24.3. The average Bonchev–Trinajstić information content (AvgIpc) is 3.47. The minimum atomic E-state index is -1.27. The summed E-state index contributed by atoms with van der Waals surface area (Å²) in [5.41, 5.74) is 0.0649. The first-order valence-electron chi connectivity index (χ1n) is 10.6. The molecule has 3 atom stereocenters. The van der Waals surface area contributed by atoms with Crippen LogP contribution >= 0.6 is 0 Å². The van der Waals surface area contributed by atoms with Crippen LogP contribution < -0.4 is 15.5 Å². The summed E-state index contributed by atoms with van der Waals surface area (Å²) in [6, 6.07) is 6.40. The number of ether oxygens (including phenoxy) is 1. The van der Waals surface area contributed by atoms with Gasteiger partial charge in [-0.1, -0.05) is 12.1 Å². The zero-order valence-electron chi connectivity index (χ0n) is 17.8. The van der Waals surface area contributed by atoms with Gasteiger partial charge in [0.15, 0.2) is 5.82 Å². The number of hydrogen-bond donors (Lipinski definition) is 4. The second-order valence-corrected chi connectivity index (χ2v) is 8.90. The Morgan fingerprint density at radius 3 is 2.81 bits per heavy atom. The SMILES string of the molecule is CC(C)(O)[C@@H](NC(=O)Nc1cc2[nH]nc(N3CC4CC3CO4)c2cn1)c1ccc(F)cc1. The number of aromatic nitrogens is 3. The number of morpholine rings is 1. The van der Waals surface area contributed by atoms with Crippen LogP contribution in [0, 0.1) is 5.82 Å². The molecule has 4 N–H and O–H groups in total. The summed E-state index contributed by atoms with van der Waals surface area (Å²) >= 11 is 0. The molecule has 2 aliphatic rings. The molecule has 9 nitrogen and oxygen atoms in total. The highest BCUT2D eigenvalue weighted by Gasteiger charge is 2.40. The molecule has 2 saturated heterocycles. The van der Waals surface area contributed by atoms with E-state index in [1.165, 1.54) is 24.3 Å². The highest BCUT2D eigenvalue weighted by atomic mass is 19.1. The zero-order chi connectivity index (χ0) is 22.5. The standard InChI is InChI=1S/C22H25FN6O3/c1-22(2,31)19(12-3-5-13(23)6-4-12)26-21(30)25-18-8-17-16(9-24-18)20(28-27-17)29-10-15-7-14(29)11-32-15/h3-6,8-9,14-15,19,31H,7,10-11H2,1-2H3,(H,27,28)(H2,24,25,26,30)/t14?,15?,19-/m0/s1. The minimum Gasteiger partial charge on any atom is -0.388 e. The molecule has 2 aromatic heterocycles. The third-order valence-electron chi connectivity index (χ3n) is 6.03. The van der Waals surface area contributed by atoms with Crippen molar-refractivity contribution in [3.05, 3.63) is 47.9 Å². The third-order valence-corrected chi connectivity index (χ3v) is 6.03. The van der Waals surface area contributed by atoms with Crippen LogP contribution in [0.4, 0.5) is 20.8 Å². The third kappa shape index (κ3) is 3.87. The fourth-order valence-corrected chi connectivity index (χ4v) is 4.45. The van der Waals surface area contributed by atoms with Crippen molar-refractivity contribution >= 4 is 28.6 Å². The Morgan fingerprint density at radius 2 is 2.16 bits per heavy atom. The normalized spacial score (nSPS) is 21.2. The number of carbonyl (C=O) groups is 1. The number of rotatable bonds is 5. The largest absolute Gasteiger partial charge is 0.388 e. The van der Waals surface area contributed by atoms with Crippen LogP contribution in [0.3, 0.4) is 0 Å². The lowest BCUT2D eigenvalue weighted by atomic mass is 9.92. The monoisotopic (exact) mass is 440 g/mol. The topological polar surface area (TPSA) is 115 Å². The van der Waals surface area contributed by atoms with Crippen molar-refractivity contribution in [3.63, 3.8) is 0 Å². The van der Waals surface area contributed by atoms with Gasteiger partial charge in [-0.05, 0) is 38.0 Å². The number of hydrogen-bond acceptors (Lipinski definition) is 6. The van der Waals surface area contributed by atoms with Crippen molar-refractivity contribution in [2.75, 3.05) is 23.4 Å². The van der Waals surface area contributed by atoms with E-state index in [1.54, 1.807) is 26.1 Å². The first-order valence-corrected chi connectivity index (χ1v) is 10.6. The van der Waals surface area contributed by atoms with Crippen molar-refractivity contribution in [1.82, 2.24) is 20.5 Å². The molecule has 0 spiro atoms. The summed E-state index contributed by atoms with van der Waals surface area (Å²) in [4.78, 5) is 19.3. The van der Waals surface area contributed by atoms with Gasteiger partial charge in [-0.15, -0.1) is 0 Å². The number of nitrogens with one attached hydrogen (secondary N) is 3. The molecule has 3 aromatic rings. The van der Waals surface area contributed by atoms with E-state index in [1.807, 2.05) is 0 Å². The fraction of sp³-hybridized carbons (Fsp3) is 0.409. The van der Waals surface area contributed by atoms with Crippen molar-refractivity contribution in [3.8, 4) is 0 Å². The van der Waals surface area contributed by atoms with Gasteiger partial charge in [0.2, 0.25) is 0 Å². The molecule has 2 bridgehead atoms. The molecule has 2 amide bonds. The van der Waals surface area contributed by atoms with Gasteiger partial charge in [-0.3, -0.25) is 10.4 Å². The number of nitrogens with zero attached hydrogens (tertiary/aromatic N) is 3. The van der Waals surface area contributed by atoms with E-state index < -0.39 is 23.5 Å². The number of amides is 2. The molecule has 1 aromatic carbocycles. The maximum atomic E-state index is 13.3. The molecule has 0 radical (unpaired) electrons. The number of carbonyl (C=O) groups excluding carboxylic acids is 1. The summed E-state index contributed by atoms with van der Waals surface area (Å²) in [7, 11) is 0. The second kappa shape index (κ2) is 7.72. The Balaban J connectivity index is 1.31. The van der Waals surface area contributed by atoms with Gasteiger partial charge in [0.05, 0.1) is 41.3 Å². The van der Waals surface area contributed by atoms with Crippen molar-refractivity contribution in [2.45, 2.75) is 44.1 Å². The van der Waals surface area contributed by atoms with E-state index in [2.05, 4.69) is 30.7 Å². The van der Waals surface area contributed by atoms with E-state index in [-0.39, 0.29) is 6.10 Å². The molecule has 4 heterocycles. The Hall–Kier alpha value is -3.24. The second-order valence-electron chi connectivity index (χ2n) is 8.90. The predicted molar refractivity (Wildman–Crippen MR) is 117 cm³/mol. The first kappa shape index (κ1) is 20.7. The van der Waals surface area contributed by atoms with Crippen LogP contribution in [0.2, 0.25) is 0 Å². The van der Waals surface area contributed by atoms with Crippen LogP contribution in [-0.2, 0) is 4.74 Å². The fourth-order valence-electron chi connectivity index (χ4n) is 4.45. The van der Waals surface area contributed by atoms with Gasteiger partial charge in [-0.2, -0.15) is 5.10 Å². The first-order chi connectivity index (χ1) is 15.3. The molecule has 10 heteroatoms. The van der Waals surface area contributed by atoms with Crippen LogP contribution in [0.1, 0.15) is 31.9 Å². The minimum absolute atomic E-state index is 0.258. The number of H-pyrrole nitrogens is 1. The van der Waals surface area contributed by atoms with Gasteiger partial charge in [0.1, 0.15) is 11.6 Å². The maximum absolute atomic E-state index is 13.3. The molecular formula is C22H25FN6O3. The lowest BCUT2D eigenvalue weighted by Gasteiger charge is -2.30. The number of anilines is 2. The molecule has 2 aliphatic heterocycles. The Kier molecular flexibility index (Phi) is 4.98. The van der Waals surface area contributed by atoms with Crippen LogP contribution in [-0.4, -0.2) is 57.2 Å². The van der Waals surface area contributed by atoms with Gasteiger partial charge < -0.3 is 20.1 Å². The molecule has 5 rings (SSSR count). The number of benzene rings is 1. The molecule has 168 valence electrons. The number of pyridine rings is 1. The lowest BCUT2D eigenvalue weighted by molar-refractivity contribution is 0.0415. The van der Waals surface area contributed by atoms with E-state index in [0.29, 0.717) is 24.0 Å². The van der Waals surface area contributed by atoms with Crippen molar-refractivity contribution in [1.29, 1.82) is 0 Å². The average molecular weight is 440 g/mol. The van der Waals surface area contributed by atoms with Crippen LogP contribution in [0.5, 0.6) is 0 Å². The van der Waals surface area contributed by atoms with E-state index >= 15 is 0 Å². The smallest absolute Gasteiger partial charge is 0.320 e. The van der Waals surface area contributed by atoms with E-state index in [0.717, 1.165) is 29.7 Å². The van der Waals surface area contributed by atoms with Crippen LogP contribution in [0.15, 0.2) is 36.5 Å². The van der Waals surface area contributed by atoms with Gasteiger partial charge in [0, 0.05) is 18.8 Å². The molecule has 2 unspecified atom stereocenters. The lowest BCUT2D eigenvalue weighted by Crippen LogP contribution is -2.44. The summed E-state index contributed by atoms with van der Waals surface area (Å²) < 4.78 is 18.9. The van der Waals surface area contributed by atoms with Gasteiger partial charge in [0.25, 0.3) is 0 Å². The Labute approximate surface area is 184 Å². The van der Waals surface area contributed by atoms with E-state index in [9.17, 15) is 14.3 Å². The molecule has 2 fully saturated rings. The quantitative estimate of drug-likeness (QED) is 0.485. The van der Waals surface area contributed by atoms with Crippen LogP contribution in [0.25, 0.3) is 10.9 Å². The predicted octanol–water partition coefficient (Wildman–Crippen LogP) is 2.71. The maximum Gasteiger partial charge on any atom is 0.320 e. The number of halogens is 1. The van der Waals surface area contributed by atoms with Crippen molar-refractivity contribution in [2.24, 2.45) is 0 Å². The number of aromatic amines is 1. The molecule has 0 saturated carbocycles. The highest BCUT2D eigenvalue weighted by molar-refractivity contribution is 5.94. The Bertz CT molecular complexity index is 1140. The highest BCUT2D eigenvalue weighted by Crippen LogP contribution is 2.35. The number of urea groups is 1. The zero-order valence-corrected chi connectivity index (χ0v) is 17.8. The van der Waals surface area contributed by atoms with E-state index in [4.69, 9.17) is 4.74 Å². The van der Waals surface area contributed by atoms with Gasteiger partial charge in [-0.25, -0.2) is 14.2 Å². The molecule has 0 aliphatic carbocycles.